The summed E-state index contributed by atoms with van der Waals surface area (Å²) in [5.74, 6) is 4.14. The Hall–Kier alpha value is -0.690. The zero-order chi connectivity index (χ0) is 10.8. The van der Waals surface area contributed by atoms with Crippen molar-refractivity contribution in [2.45, 2.75) is 20.1 Å². The molecule has 0 saturated carbocycles. The third-order valence-corrected chi connectivity index (χ3v) is 1.42. The van der Waals surface area contributed by atoms with Gasteiger partial charge in [-0.1, -0.05) is 0 Å². The van der Waals surface area contributed by atoms with Crippen molar-refractivity contribution in [3.63, 3.8) is 0 Å². The van der Waals surface area contributed by atoms with Crippen LogP contribution in [0.15, 0.2) is 0 Å². The summed E-state index contributed by atoms with van der Waals surface area (Å²) in [6.45, 7) is 5.35. The van der Waals surface area contributed by atoms with Crippen LogP contribution in [0.25, 0.3) is 0 Å². The minimum absolute atomic E-state index is 0.0488. The van der Waals surface area contributed by atoms with Gasteiger partial charge < -0.3 is 19.6 Å². The second-order valence-electron chi connectivity index (χ2n) is 2.46. The second-order valence-corrected chi connectivity index (χ2v) is 2.46. The number of carbonyl (C=O) groups excluding carboxylic acids is 1. The number of nitrogens with one attached hydrogen (secondary N) is 1. The Morgan fingerprint density at radius 1 is 1.36 bits per heavy atom. The predicted molar refractivity (Wildman–Crippen MR) is 50.2 cm³/mol. The van der Waals surface area contributed by atoms with Gasteiger partial charge in [-0.2, -0.15) is 5.90 Å². The lowest BCUT2D eigenvalue weighted by Gasteiger charge is -2.16. The van der Waals surface area contributed by atoms with E-state index in [2.05, 4.69) is 16.1 Å². The van der Waals surface area contributed by atoms with Crippen molar-refractivity contribution in [3.8, 4) is 0 Å². The van der Waals surface area contributed by atoms with Crippen LogP contribution in [0, 0.1) is 0 Å². The molecule has 0 aromatic carbocycles. The summed E-state index contributed by atoms with van der Waals surface area (Å²) in [4.78, 5) is 14.6. The van der Waals surface area contributed by atoms with Crippen LogP contribution in [-0.2, 0) is 19.1 Å². The van der Waals surface area contributed by atoms with Crippen molar-refractivity contribution in [1.82, 2.24) is 5.32 Å². The van der Waals surface area contributed by atoms with Crippen LogP contribution in [-0.4, -0.2) is 38.6 Å². The first kappa shape index (κ1) is 13.3. The molecule has 0 atom stereocenters. The Bertz CT molecular complexity index is 148. The van der Waals surface area contributed by atoms with Crippen LogP contribution < -0.4 is 11.2 Å². The molecule has 0 radical (unpaired) electrons. The Morgan fingerprint density at radius 3 is 2.36 bits per heavy atom. The molecule has 0 aromatic heterocycles. The molecule has 0 heterocycles. The normalized spacial score (nSPS) is 10.6. The molecule has 0 spiro atoms. The van der Waals surface area contributed by atoms with Crippen LogP contribution in [0.2, 0.25) is 0 Å². The van der Waals surface area contributed by atoms with Gasteiger partial charge in [-0.15, -0.1) is 0 Å². The smallest absolute Gasteiger partial charge is 0.338 e. The Labute approximate surface area is 83.6 Å². The third kappa shape index (κ3) is 6.79. The molecule has 0 amide bonds. The first-order valence-corrected chi connectivity index (χ1v) is 4.58. The average Bonchev–Trinajstić information content (AvgIpc) is 2.18. The zero-order valence-corrected chi connectivity index (χ0v) is 8.62. The number of rotatable bonds is 8. The highest BCUT2D eigenvalue weighted by Gasteiger charge is 2.08. The van der Waals surface area contributed by atoms with E-state index < -0.39 is 5.97 Å². The number of carbonyl (C=O) groups is 1. The summed E-state index contributed by atoms with van der Waals surface area (Å²) < 4.78 is 10.5. The molecule has 0 saturated heterocycles. The van der Waals surface area contributed by atoms with Gasteiger partial charge in [0.25, 0.3) is 0 Å². The molecule has 84 valence electrons. The largest absolute Gasteiger partial charge is 0.372 e. The monoisotopic (exact) mass is 206 g/mol. The summed E-state index contributed by atoms with van der Waals surface area (Å²) in [5.41, 5.74) is 0. The Kier molecular flexibility index (Phi) is 8.45. The van der Waals surface area contributed by atoms with Crippen LogP contribution in [0.5, 0.6) is 0 Å². The maximum Gasteiger partial charge on any atom is 0.338 e. The molecule has 0 aliphatic heterocycles. The molecule has 3 N–H and O–H groups in total. The number of hydrogen-bond donors (Lipinski definition) is 2. The summed E-state index contributed by atoms with van der Waals surface area (Å²) in [5, 5.41) is 2.80. The van der Waals surface area contributed by atoms with Gasteiger partial charge in [0.1, 0.15) is 0 Å². The molecule has 0 fully saturated rings. The van der Waals surface area contributed by atoms with Gasteiger partial charge >= 0.3 is 5.97 Å². The van der Waals surface area contributed by atoms with Gasteiger partial charge in [0, 0.05) is 19.8 Å². The van der Waals surface area contributed by atoms with E-state index in [0.717, 1.165) is 0 Å². The number of nitrogens with two attached hydrogens (primary N) is 1. The highest BCUT2D eigenvalue weighted by atomic mass is 16.7. The van der Waals surface area contributed by atoms with E-state index in [-0.39, 0.29) is 12.8 Å². The fraction of sp³-hybridized carbons (Fsp3) is 0.875. The van der Waals surface area contributed by atoms with E-state index in [9.17, 15) is 4.79 Å². The van der Waals surface area contributed by atoms with E-state index in [1.165, 1.54) is 0 Å². The molecule has 0 rings (SSSR count). The van der Waals surface area contributed by atoms with Crippen molar-refractivity contribution < 1.29 is 19.1 Å². The number of ether oxygens (including phenoxy) is 2. The van der Waals surface area contributed by atoms with E-state index in [4.69, 9.17) is 9.47 Å². The van der Waals surface area contributed by atoms with Gasteiger partial charge in [0.05, 0.1) is 6.54 Å². The lowest BCUT2D eigenvalue weighted by Crippen LogP contribution is -2.35. The molecule has 6 heteroatoms. The lowest BCUT2D eigenvalue weighted by molar-refractivity contribution is -0.145. The molecular weight excluding hydrogens is 188 g/mol. The van der Waals surface area contributed by atoms with Crippen LogP contribution in [0.4, 0.5) is 0 Å². The van der Waals surface area contributed by atoms with E-state index in [1.807, 2.05) is 13.8 Å². The molecular formula is C8H18N2O4. The van der Waals surface area contributed by atoms with E-state index >= 15 is 0 Å². The first-order chi connectivity index (χ1) is 6.74. The van der Waals surface area contributed by atoms with E-state index in [0.29, 0.717) is 19.8 Å². The van der Waals surface area contributed by atoms with E-state index in [1.54, 1.807) is 0 Å². The molecule has 0 bridgehead atoms. The number of hydrogen-bond acceptors (Lipinski definition) is 6. The van der Waals surface area contributed by atoms with Crippen LogP contribution in [0.3, 0.4) is 0 Å². The molecule has 0 aliphatic rings. The van der Waals surface area contributed by atoms with Crippen molar-refractivity contribution in [2.24, 2.45) is 5.90 Å². The average molecular weight is 206 g/mol. The summed E-state index contributed by atoms with van der Waals surface area (Å²) in [6.07, 6.45) is -0.337. The van der Waals surface area contributed by atoms with Crippen molar-refractivity contribution in [1.29, 1.82) is 0 Å². The van der Waals surface area contributed by atoms with Crippen molar-refractivity contribution in [2.75, 3.05) is 26.3 Å². The topological polar surface area (TPSA) is 82.8 Å². The fourth-order valence-corrected chi connectivity index (χ4v) is 0.871. The lowest BCUT2D eigenvalue weighted by atomic mass is 10.5. The van der Waals surface area contributed by atoms with Crippen molar-refractivity contribution in [3.05, 3.63) is 0 Å². The minimum atomic E-state index is -0.517. The summed E-state index contributed by atoms with van der Waals surface area (Å²) >= 11 is 0. The predicted octanol–water partition coefficient (Wildman–Crippen LogP) is -0.608. The summed E-state index contributed by atoms with van der Waals surface area (Å²) in [7, 11) is 0. The SMILES string of the molecule is CCOC(CNCC(=O)ON)OCC. The molecule has 6 nitrogen and oxygen atoms in total. The fourth-order valence-electron chi connectivity index (χ4n) is 0.871. The van der Waals surface area contributed by atoms with Gasteiger partial charge in [0.2, 0.25) is 0 Å². The Balaban J connectivity index is 3.54. The Morgan fingerprint density at radius 2 is 1.93 bits per heavy atom. The second kappa shape index (κ2) is 8.89. The minimum Gasteiger partial charge on any atom is -0.372 e. The third-order valence-electron chi connectivity index (χ3n) is 1.42. The standard InChI is InChI=1S/C8H18N2O4/c1-3-12-8(13-4-2)6-10-5-7(11)14-9/h8,10H,3-6,9H2,1-2H3. The van der Waals surface area contributed by atoms with Gasteiger partial charge in [-0.25, -0.2) is 4.79 Å². The van der Waals surface area contributed by atoms with Gasteiger partial charge in [0.15, 0.2) is 6.29 Å². The molecule has 0 aromatic rings. The first-order valence-electron chi connectivity index (χ1n) is 4.58. The van der Waals surface area contributed by atoms with Gasteiger partial charge in [-0.3, -0.25) is 0 Å². The quantitative estimate of drug-likeness (QED) is 0.407. The van der Waals surface area contributed by atoms with Gasteiger partial charge in [-0.05, 0) is 13.8 Å². The molecule has 0 aliphatic carbocycles. The zero-order valence-electron chi connectivity index (χ0n) is 8.62. The van der Waals surface area contributed by atoms with Crippen molar-refractivity contribution >= 4 is 5.97 Å². The summed E-state index contributed by atoms with van der Waals surface area (Å²) in [6, 6.07) is 0. The van der Waals surface area contributed by atoms with Crippen LogP contribution in [0.1, 0.15) is 13.8 Å². The maximum atomic E-state index is 10.6. The maximum absolute atomic E-state index is 10.6. The highest BCUT2D eigenvalue weighted by molar-refractivity contribution is 5.71. The highest BCUT2D eigenvalue weighted by Crippen LogP contribution is 1.92. The van der Waals surface area contributed by atoms with Crippen LogP contribution >= 0.6 is 0 Å². The molecule has 14 heavy (non-hydrogen) atoms. The molecule has 0 unspecified atom stereocenters.